The number of allylic oxidation sites excluding steroid dienone is 1. The second-order valence-corrected chi connectivity index (χ2v) is 6.84. The van der Waals surface area contributed by atoms with Crippen molar-refractivity contribution in [1.29, 1.82) is 0 Å². The van der Waals surface area contributed by atoms with E-state index in [1.165, 1.54) is 7.11 Å². The van der Waals surface area contributed by atoms with E-state index < -0.39 is 24.0 Å². The van der Waals surface area contributed by atoms with Crippen LogP contribution in [0.5, 0.6) is 0 Å². The number of carbonyl (C=O) groups is 3. The van der Waals surface area contributed by atoms with E-state index in [4.69, 9.17) is 4.74 Å². The molecule has 1 fully saturated rings. The van der Waals surface area contributed by atoms with E-state index in [0.717, 1.165) is 0 Å². The lowest BCUT2D eigenvalue weighted by molar-refractivity contribution is -0.142. The molecular weight excluding hydrogens is 322 g/mol. The van der Waals surface area contributed by atoms with Crippen molar-refractivity contribution in [1.82, 2.24) is 5.32 Å². The predicted octanol–water partition coefficient (Wildman–Crippen LogP) is 2.10. The minimum absolute atomic E-state index is 0.110. The molecule has 2 unspecified atom stereocenters. The number of carboxylic acids is 1. The van der Waals surface area contributed by atoms with E-state index in [2.05, 4.69) is 5.32 Å². The first-order valence-electron chi connectivity index (χ1n) is 8.83. The standard InChI is InChI=1S/C19H27NO5/c1-5-7-12-14(11-8-9-13(21)15(11)17(12)25-4)18(22)20-16(19(23)24)10(3)6-2/h5,7,10-11,15-17H,6,8-9H2,1-4H3,(H,20,22)(H,23,24)/b7-5+/t10?,11-,15+,16?,17+/m1/s1. The van der Waals surface area contributed by atoms with E-state index in [-0.39, 0.29) is 23.5 Å². The van der Waals surface area contributed by atoms with Crippen LogP contribution >= 0.6 is 0 Å². The van der Waals surface area contributed by atoms with Crippen LogP contribution in [0, 0.1) is 17.8 Å². The summed E-state index contributed by atoms with van der Waals surface area (Å²) in [6, 6.07) is -0.950. The van der Waals surface area contributed by atoms with Crippen molar-refractivity contribution >= 4 is 17.7 Å². The summed E-state index contributed by atoms with van der Waals surface area (Å²) < 4.78 is 5.54. The molecule has 0 bridgehead atoms. The van der Waals surface area contributed by atoms with Crippen LogP contribution in [0.3, 0.4) is 0 Å². The summed E-state index contributed by atoms with van der Waals surface area (Å²) in [5, 5.41) is 12.1. The third kappa shape index (κ3) is 3.54. The van der Waals surface area contributed by atoms with Gasteiger partial charge in [-0.1, -0.05) is 32.4 Å². The number of nitrogens with one attached hydrogen (secondary N) is 1. The molecule has 2 rings (SSSR count). The highest BCUT2D eigenvalue weighted by atomic mass is 16.5. The summed E-state index contributed by atoms with van der Waals surface area (Å²) in [6.07, 6.45) is 4.85. The van der Waals surface area contributed by atoms with Crippen molar-refractivity contribution in [3.05, 3.63) is 23.3 Å². The van der Waals surface area contributed by atoms with E-state index in [0.29, 0.717) is 30.4 Å². The summed E-state index contributed by atoms with van der Waals surface area (Å²) in [5.74, 6) is -2.06. The van der Waals surface area contributed by atoms with Gasteiger partial charge in [0.2, 0.25) is 5.91 Å². The molecule has 0 aromatic rings. The van der Waals surface area contributed by atoms with Crippen molar-refractivity contribution in [2.24, 2.45) is 17.8 Å². The van der Waals surface area contributed by atoms with Crippen LogP contribution in [-0.4, -0.2) is 42.0 Å². The fourth-order valence-corrected chi connectivity index (χ4v) is 3.97. The van der Waals surface area contributed by atoms with Gasteiger partial charge in [0.25, 0.3) is 0 Å². The first-order chi connectivity index (χ1) is 11.9. The van der Waals surface area contributed by atoms with Gasteiger partial charge in [0.15, 0.2) is 0 Å². The molecule has 25 heavy (non-hydrogen) atoms. The van der Waals surface area contributed by atoms with Crippen LogP contribution in [-0.2, 0) is 19.1 Å². The molecule has 0 aliphatic heterocycles. The van der Waals surface area contributed by atoms with Gasteiger partial charge in [0.05, 0.1) is 12.0 Å². The summed E-state index contributed by atoms with van der Waals surface area (Å²) in [6.45, 7) is 5.53. The third-order valence-electron chi connectivity index (χ3n) is 5.43. The van der Waals surface area contributed by atoms with Crippen molar-refractivity contribution in [3.8, 4) is 0 Å². The largest absolute Gasteiger partial charge is 0.480 e. The third-order valence-corrected chi connectivity index (χ3v) is 5.43. The van der Waals surface area contributed by atoms with E-state index in [1.807, 2.05) is 19.9 Å². The molecule has 0 aromatic heterocycles. The van der Waals surface area contributed by atoms with Gasteiger partial charge < -0.3 is 15.2 Å². The average molecular weight is 349 g/mol. The number of carbonyl (C=O) groups excluding carboxylic acids is 2. The second kappa shape index (κ2) is 7.95. The highest BCUT2D eigenvalue weighted by Crippen LogP contribution is 2.47. The molecule has 0 spiro atoms. The SMILES string of the molecule is C/C=C/C1=C(C(=O)NC(C(=O)O)C(C)CC)[C@H]2CCC(=O)[C@H]2[C@H]1OC. The lowest BCUT2D eigenvalue weighted by Crippen LogP contribution is -2.46. The number of methoxy groups -OCH3 is 1. The minimum atomic E-state index is -1.05. The van der Waals surface area contributed by atoms with Crippen LogP contribution in [0.25, 0.3) is 0 Å². The molecule has 0 aromatic carbocycles. The van der Waals surface area contributed by atoms with Gasteiger partial charge in [-0.3, -0.25) is 9.59 Å². The van der Waals surface area contributed by atoms with Gasteiger partial charge in [-0.15, -0.1) is 0 Å². The number of ketones is 1. The van der Waals surface area contributed by atoms with Gasteiger partial charge in [0, 0.05) is 25.0 Å². The summed E-state index contributed by atoms with van der Waals surface area (Å²) in [4.78, 5) is 36.7. The zero-order valence-electron chi connectivity index (χ0n) is 15.2. The number of rotatable bonds is 7. The fraction of sp³-hybridized carbons (Fsp3) is 0.632. The molecule has 138 valence electrons. The fourth-order valence-electron chi connectivity index (χ4n) is 3.97. The smallest absolute Gasteiger partial charge is 0.326 e. The Morgan fingerprint density at radius 1 is 1.44 bits per heavy atom. The van der Waals surface area contributed by atoms with Gasteiger partial charge in [-0.25, -0.2) is 4.79 Å². The van der Waals surface area contributed by atoms with E-state index in [9.17, 15) is 19.5 Å². The number of hydrogen-bond acceptors (Lipinski definition) is 4. The Labute approximate surface area is 148 Å². The summed E-state index contributed by atoms with van der Waals surface area (Å²) in [7, 11) is 1.54. The molecular formula is C19H27NO5. The number of aliphatic carboxylic acids is 1. The second-order valence-electron chi connectivity index (χ2n) is 6.84. The van der Waals surface area contributed by atoms with Crippen molar-refractivity contribution in [2.45, 2.75) is 52.2 Å². The van der Waals surface area contributed by atoms with Gasteiger partial charge >= 0.3 is 5.97 Å². The van der Waals surface area contributed by atoms with Crippen LogP contribution < -0.4 is 5.32 Å². The molecule has 6 nitrogen and oxygen atoms in total. The van der Waals surface area contributed by atoms with Crippen LogP contribution in [0.4, 0.5) is 0 Å². The minimum Gasteiger partial charge on any atom is -0.480 e. The quantitative estimate of drug-likeness (QED) is 0.734. The van der Waals surface area contributed by atoms with Crippen LogP contribution in [0.2, 0.25) is 0 Å². The Morgan fingerprint density at radius 3 is 2.64 bits per heavy atom. The predicted molar refractivity (Wildman–Crippen MR) is 92.9 cm³/mol. The first-order valence-corrected chi connectivity index (χ1v) is 8.83. The Hall–Kier alpha value is -1.95. The highest BCUT2D eigenvalue weighted by molar-refractivity contribution is 6.01. The van der Waals surface area contributed by atoms with Crippen LogP contribution in [0.1, 0.15) is 40.0 Å². The zero-order chi connectivity index (χ0) is 18.7. The number of fused-ring (bicyclic) bond motifs is 1. The van der Waals surface area contributed by atoms with Gasteiger partial charge in [0.1, 0.15) is 11.8 Å². The van der Waals surface area contributed by atoms with Crippen molar-refractivity contribution in [2.75, 3.05) is 7.11 Å². The Balaban J connectivity index is 2.38. The summed E-state index contributed by atoms with van der Waals surface area (Å²) in [5.41, 5.74) is 1.20. The highest BCUT2D eigenvalue weighted by Gasteiger charge is 2.51. The van der Waals surface area contributed by atoms with E-state index >= 15 is 0 Å². The van der Waals surface area contributed by atoms with E-state index in [1.54, 1.807) is 13.0 Å². The lowest BCUT2D eigenvalue weighted by Gasteiger charge is -2.22. The maximum Gasteiger partial charge on any atom is 0.326 e. The first kappa shape index (κ1) is 19.4. The molecule has 0 radical (unpaired) electrons. The normalized spacial score (nSPS) is 28.3. The number of hydrogen-bond donors (Lipinski definition) is 2. The number of carboxylic acid groups (broad SMARTS) is 1. The monoisotopic (exact) mass is 349 g/mol. The number of ether oxygens (including phenoxy) is 1. The Kier molecular flexibility index (Phi) is 6.16. The average Bonchev–Trinajstić information content (AvgIpc) is 3.09. The molecule has 5 atom stereocenters. The Bertz CT molecular complexity index is 621. The van der Waals surface area contributed by atoms with Crippen molar-refractivity contribution in [3.63, 3.8) is 0 Å². The van der Waals surface area contributed by atoms with Gasteiger partial charge in [-0.05, 0) is 24.8 Å². The lowest BCUT2D eigenvalue weighted by atomic mass is 9.92. The number of amides is 1. The molecule has 1 amide bonds. The zero-order valence-corrected chi connectivity index (χ0v) is 15.2. The van der Waals surface area contributed by atoms with Gasteiger partial charge in [-0.2, -0.15) is 0 Å². The van der Waals surface area contributed by atoms with Crippen molar-refractivity contribution < 1.29 is 24.2 Å². The topological polar surface area (TPSA) is 92.7 Å². The maximum absolute atomic E-state index is 12.9. The Morgan fingerprint density at radius 2 is 2.12 bits per heavy atom. The summed E-state index contributed by atoms with van der Waals surface area (Å²) >= 11 is 0. The molecule has 1 saturated carbocycles. The maximum atomic E-state index is 12.9. The molecule has 0 saturated heterocycles. The molecule has 2 N–H and O–H groups in total. The molecule has 0 heterocycles. The molecule has 6 heteroatoms. The number of Topliss-reactive ketones (excluding diaryl/α,β-unsaturated/α-hetero) is 1. The molecule has 2 aliphatic carbocycles. The molecule has 2 aliphatic rings. The van der Waals surface area contributed by atoms with Crippen LogP contribution in [0.15, 0.2) is 23.3 Å².